The average molecular weight is 222 g/mol. The molecule has 0 spiro atoms. The van der Waals surface area contributed by atoms with Crippen molar-refractivity contribution < 1.29 is 0 Å². The van der Waals surface area contributed by atoms with Crippen molar-refractivity contribution in [1.29, 1.82) is 0 Å². The van der Waals surface area contributed by atoms with E-state index in [0.29, 0.717) is 0 Å². The maximum atomic E-state index is 3.82. The zero-order valence-corrected chi connectivity index (χ0v) is 11.0. The lowest BCUT2D eigenvalue weighted by Crippen LogP contribution is -2.18. The summed E-state index contributed by atoms with van der Waals surface area (Å²) in [6.07, 6.45) is 2.05. The standard InChI is InChI=1S/C12H18SSi/c1-5-10-14(3,4)13-12-8-6-11(2)7-9-12/h5-9H,1,10H2,2-4H3. The Hall–Kier alpha value is -0.473. The minimum atomic E-state index is -1.16. The van der Waals surface area contributed by atoms with Gasteiger partial charge in [0.15, 0.2) is 0 Å². The van der Waals surface area contributed by atoms with Gasteiger partial charge in [0.2, 0.25) is 0 Å². The van der Waals surface area contributed by atoms with E-state index in [1.165, 1.54) is 16.5 Å². The molecule has 0 fully saturated rings. The first-order valence-corrected chi connectivity index (χ1v) is 9.65. The highest BCUT2D eigenvalue weighted by Gasteiger charge is 2.20. The van der Waals surface area contributed by atoms with Gasteiger partial charge >= 0.3 is 0 Å². The summed E-state index contributed by atoms with van der Waals surface area (Å²) < 4.78 is 0. The molecule has 0 aliphatic rings. The van der Waals surface area contributed by atoms with Crippen LogP contribution in [0.15, 0.2) is 41.8 Å². The first kappa shape index (κ1) is 11.6. The van der Waals surface area contributed by atoms with Crippen LogP contribution < -0.4 is 0 Å². The van der Waals surface area contributed by atoms with Crippen molar-refractivity contribution in [2.45, 2.75) is 31.0 Å². The number of benzene rings is 1. The number of hydrogen-bond donors (Lipinski definition) is 0. The molecule has 1 rings (SSSR count). The summed E-state index contributed by atoms with van der Waals surface area (Å²) in [5.41, 5.74) is 1.33. The molecule has 0 nitrogen and oxygen atoms in total. The summed E-state index contributed by atoms with van der Waals surface area (Å²) >= 11 is 2.05. The van der Waals surface area contributed by atoms with Gasteiger partial charge in [-0.15, -0.1) is 6.58 Å². The van der Waals surface area contributed by atoms with Crippen LogP contribution in [0.1, 0.15) is 5.56 Å². The van der Waals surface area contributed by atoms with E-state index in [2.05, 4.69) is 50.9 Å². The third-order valence-corrected chi connectivity index (χ3v) is 7.25. The second-order valence-corrected chi connectivity index (χ2v) is 12.7. The second kappa shape index (κ2) is 4.85. The minimum absolute atomic E-state index is 1.16. The predicted octanol–water partition coefficient (Wildman–Crippen LogP) is 4.48. The van der Waals surface area contributed by atoms with E-state index in [9.17, 15) is 0 Å². The van der Waals surface area contributed by atoms with Crippen molar-refractivity contribution in [1.82, 2.24) is 0 Å². The van der Waals surface area contributed by atoms with Gasteiger partial charge in [-0.3, -0.25) is 0 Å². The molecule has 0 radical (unpaired) electrons. The minimum Gasteiger partial charge on any atom is -0.151 e. The van der Waals surface area contributed by atoms with E-state index in [-0.39, 0.29) is 0 Å². The summed E-state index contributed by atoms with van der Waals surface area (Å²) in [6, 6.07) is 9.97. The van der Waals surface area contributed by atoms with Gasteiger partial charge < -0.3 is 0 Å². The van der Waals surface area contributed by atoms with Crippen LogP contribution in [0.25, 0.3) is 0 Å². The SMILES string of the molecule is C=CC[Si](C)(C)Sc1ccc(C)cc1. The summed E-state index contributed by atoms with van der Waals surface area (Å²) in [6.45, 7) is 10.7. The molecule has 0 aliphatic heterocycles. The predicted molar refractivity (Wildman–Crippen MR) is 69.5 cm³/mol. The Kier molecular flexibility index (Phi) is 4.02. The first-order valence-electron chi connectivity index (χ1n) is 4.90. The molecule has 0 N–H and O–H groups in total. The Bertz CT molecular complexity index is 301. The third-order valence-electron chi connectivity index (χ3n) is 2.05. The fourth-order valence-corrected chi connectivity index (χ4v) is 5.93. The highest BCUT2D eigenvalue weighted by atomic mass is 32.4. The van der Waals surface area contributed by atoms with Crippen molar-refractivity contribution in [3.8, 4) is 0 Å². The lowest BCUT2D eigenvalue weighted by molar-refractivity contribution is 1.38. The van der Waals surface area contributed by atoms with Crippen LogP contribution in [0.2, 0.25) is 19.1 Å². The summed E-state index contributed by atoms with van der Waals surface area (Å²) in [5, 5.41) is 0. The molecule has 0 bridgehead atoms. The van der Waals surface area contributed by atoms with Crippen molar-refractivity contribution in [3.05, 3.63) is 42.5 Å². The van der Waals surface area contributed by atoms with Crippen LogP contribution in [-0.4, -0.2) is 7.22 Å². The molecule has 0 saturated carbocycles. The fraction of sp³-hybridized carbons (Fsp3) is 0.333. The van der Waals surface area contributed by atoms with Gasteiger partial charge in [-0.25, -0.2) is 0 Å². The summed E-state index contributed by atoms with van der Waals surface area (Å²) in [7, 11) is -1.16. The summed E-state index contributed by atoms with van der Waals surface area (Å²) in [5.74, 6) is 0. The summed E-state index contributed by atoms with van der Waals surface area (Å²) in [4.78, 5) is 1.40. The Morgan fingerprint density at radius 1 is 1.29 bits per heavy atom. The van der Waals surface area contributed by atoms with Crippen LogP contribution in [-0.2, 0) is 0 Å². The van der Waals surface area contributed by atoms with Crippen molar-refractivity contribution in [2.75, 3.05) is 0 Å². The van der Waals surface area contributed by atoms with Crippen LogP contribution >= 0.6 is 11.2 Å². The highest BCUT2D eigenvalue weighted by Crippen LogP contribution is 2.32. The molecule has 2 heteroatoms. The van der Waals surface area contributed by atoms with Gasteiger partial charge in [-0.05, 0) is 25.1 Å². The molecule has 0 aromatic heterocycles. The lowest BCUT2D eigenvalue weighted by atomic mass is 10.2. The van der Waals surface area contributed by atoms with E-state index < -0.39 is 7.22 Å². The van der Waals surface area contributed by atoms with E-state index in [1.807, 2.05) is 17.3 Å². The van der Waals surface area contributed by atoms with Crippen LogP contribution in [0, 0.1) is 6.92 Å². The normalized spacial score (nSPS) is 11.4. The molecular formula is C12H18SSi. The maximum Gasteiger partial charge on any atom is 0.121 e. The van der Waals surface area contributed by atoms with Crippen molar-refractivity contribution >= 4 is 18.4 Å². The zero-order valence-electron chi connectivity index (χ0n) is 9.21. The number of hydrogen-bond acceptors (Lipinski definition) is 1. The quantitative estimate of drug-likeness (QED) is 0.535. The van der Waals surface area contributed by atoms with Gasteiger partial charge in [0.25, 0.3) is 0 Å². The van der Waals surface area contributed by atoms with E-state index in [1.54, 1.807) is 0 Å². The van der Waals surface area contributed by atoms with E-state index in [4.69, 9.17) is 0 Å². The molecular weight excluding hydrogens is 204 g/mol. The molecule has 0 atom stereocenters. The highest BCUT2D eigenvalue weighted by molar-refractivity contribution is 8.28. The van der Waals surface area contributed by atoms with Crippen molar-refractivity contribution in [2.24, 2.45) is 0 Å². The molecule has 1 aromatic rings. The smallest absolute Gasteiger partial charge is 0.121 e. The largest absolute Gasteiger partial charge is 0.151 e. The molecule has 1 aromatic carbocycles. The number of allylic oxidation sites excluding steroid dienone is 1. The molecule has 0 aliphatic carbocycles. The monoisotopic (exact) mass is 222 g/mol. The van der Waals surface area contributed by atoms with E-state index >= 15 is 0 Å². The fourth-order valence-electron chi connectivity index (χ4n) is 1.31. The van der Waals surface area contributed by atoms with Gasteiger partial charge in [0.05, 0.1) is 0 Å². The molecule has 0 unspecified atom stereocenters. The van der Waals surface area contributed by atoms with Gasteiger partial charge in [0.1, 0.15) is 7.22 Å². The zero-order chi connectivity index (χ0) is 10.6. The molecule has 76 valence electrons. The Balaban J connectivity index is 2.68. The number of rotatable bonds is 4. The Morgan fingerprint density at radius 2 is 1.86 bits per heavy atom. The van der Waals surface area contributed by atoms with Crippen LogP contribution in [0.5, 0.6) is 0 Å². The first-order chi connectivity index (χ1) is 6.53. The molecule has 0 heterocycles. The average Bonchev–Trinajstić information content (AvgIpc) is 2.08. The topological polar surface area (TPSA) is 0 Å². The molecule has 0 saturated heterocycles. The van der Waals surface area contributed by atoms with Gasteiger partial charge in [0, 0.05) is 4.90 Å². The second-order valence-electron chi connectivity index (χ2n) is 4.17. The third kappa shape index (κ3) is 3.72. The van der Waals surface area contributed by atoms with Crippen LogP contribution in [0.3, 0.4) is 0 Å². The molecule has 0 amide bonds. The lowest BCUT2D eigenvalue weighted by Gasteiger charge is -2.19. The molecule has 14 heavy (non-hydrogen) atoms. The Labute approximate surface area is 92.1 Å². The Morgan fingerprint density at radius 3 is 2.36 bits per heavy atom. The van der Waals surface area contributed by atoms with Gasteiger partial charge in [-0.1, -0.05) is 36.9 Å². The van der Waals surface area contributed by atoms with Crippen LogP contribution in [0.4, 0.5) is 0 Å². The van der Waals surface area contributed by atoms with Crippen molar-refractivity contribution in [3.63, 3.8) is 0 Å². The van der Waals surface area contributed by atoms with Gasteiger partial charge in [-0.2, -0.15) is 11.2 Å². The number of aryl methyl sites for hydroxylation is 1. The maximum absolute atomic E-state index is 3.82. The van der Waals surface area contributed by atoms with E-state index in [0.717, 1.165) is 0 Å².